The van der Waals surface area contributed by atoms with Gasteiger partial charge >= 0.3 is 6.18 Å². The molecule has 0 unspecified atom stereocenters. The van der Waals surface area contributed by atoms with Gasteiger partial charge in [0.15, 0.2) is 0 Å². The molecule has 3 rings (SSSR count). The summed E-state index contributed by atoms with van der Waals surface area (Å²) in [5.74, 6) is -0.671. The van der Waals surface area contributed by atoms with Gasteiger partial charge in [-0.1, -0.05) is 6.07 Å². The lowest BCUT2D eigenvalue weighted by Crippen LogP contribution is -2.31. The zero-order chi connectivity index (χ0) is 23.6. The Morgan fingerprint density at radius 1 is 1.09 bits per heavy atom. The number of aryl methyl sites for hydroxylation is 4. The van der Waals surface area contributed by atoms with Crippen molar-refractivity contribution in [2.45, 2.75) is 46.7 Å². The Balaban J connectivity index is 1.61. The first kappa shape index (κ1) is 23.5. The third-order valence-electron chi connectivity index (χ3n) is 5.21. The summed E-state index contributed by atoms with van der Waals surface area (Å²) < 4.78 is 45.6. The molecular weight excluding hydrogens is 423 g/mol. The lowest BCUT2D eigenvalue weighted by atomic mass is 10.1. The van der Waals surface area contributed by atoms with Crippen molar-refractivity contribution >= 4 is 11.7 Å². The third-order valence-corrected chi connectivity index (χ3v) is 5.21. The standard InChI is InChI=1S/C22H26F3N5O2/c1-13-10-14(2)12-17(11-13)32-9-8-29(5)19(31)7-6-18-15(3)26-21-27-20(22(23,24)25)28-30(21)16(18)4/h10-12H,6-9H2,1-5H3. The van der Waals surface area contributed by atoms with Gasteiger partial charge in [0.05, 0.1) is 6.54 Å². The van der Waals surface area contributed by atoms with E-state index in [1.807, 2.05) is 26.0 Å². The van der Waals surface area contributed by atoms with Crippen molar-refractivity contribution in [1.29, 1.82) is 0 Å². The van der Waals surface area contributed by atoms with Crippen molar-refractivity contribution in [2.75, 3.05) is 20.2 Å². The minimum absolute atomic E-state index is 0.0949. The highest BCUT2D eigenvalue weighted by molar-refractivity contribution is 5.76. The van der Waals surface area contributed by atoms with E-state index in [0.717, 1.165) is 21.4 Å². The van der Waals surface area contributed by atoms with E-state index >= 15 is 0 Å². The summed E-state index contributed by atoms with van der Waals surface area (Å²) in [4.78, 5) is 21.7. The van der Waals surface area contributed by atoms with Crippen LogP contribution in [0.15, 0.2) is 18.2 Å². The predicted octanol–water partition coefficient (Wildman–Crippen LogP) is 3.85. The Kier molecular flexibility index (Phi) is 6.71. The molecule has 10 heteroatoms. The number of benzene rings is 1. The zero-order valence-electron chi connectivity index (χ0n) is 18.7. The zero-order valence-corrected chi connectivity index (χ0v) is 18.7. The van der Waals surface area contributed by atoms with Crippen LogP contribution in [-0.2, 0) is 17.4 Å². The Morgan fingerprint density at radius 2 is 1.75 bits per heavy atom. The van der Waals surface area contributed by atoms with Crippen molar-refractivity contribution in [1.82, 2.24) is 24.5 Å². The number of likely N-dealkylation sites (N-methyl/N-ethyl adjacent to an activating group) is 1. The normalized spacial score (nSPS) is 11.8. The van der Waals surface area contributed by atoms with Crippen LogP contribution in [0, 0.1) is 27.7 Å². The van der Waals surface area contributed by atoms with E-state index in [4.69, 9.17) is 4.74 Å². The van der Waals surface area contributed by atoms with Crippen molar-refractivity contribution in [3.63, 3.8) is 0 Å². The molecule has 172 valence electrons. The van der Waals surface area contributed by atoms with Gasteiger partial charge in [-0.15, -0.1) is 5.10 Å². The van der Waals surface area contributed by atoms with Crippen LogP contribution in [0.5, 0.6) is 5.75 Å². The summed E-state index contributed by atoms with van der Waals surface area (Å²) in [5.41, 5.74) is 3.92. The predicted molar refractivity (Wildman–Crippen MR) is 113 cm³/mol. The van der Waals surface area contributed by atoms with Crippen LogP contribution < -0.4 is 4.74 Å². The highest BCUT2D eigenvalue weighted by atomic mass is 19.4. The molecule has 2 aromatic heterocycles. The molecule has 1 amide bonds. The molecule has 0 spiro atoms. The average Bonchev–Trinajstić information content (AvgIpc) is 3.11. The van der Waals surface area contributed by atoms with E-state index < -0.39 is 12.0 Å². The van der Waals surface area contributed by atoms with E-state index in [-0.39, 0.29) is 18.1 Å². The van der Waals surface area contributed by atoms with Gasteiger partial charge < -0.3 is 9.64 Å². The first-order valence-corrected chi connectivity index (χ1v) is 10.2. The number of hydrogen-bond acceptors (Lipinski definition) is 5. The van der Waals surface area contributed by atoms with Gasteiger partial charge in [0.2, 0.25) is 5.91 Å². The second kappa shape index (κ2) is 9.13. The maximum Gasteiger partial charge on any atom is 0.453 e. The summed E-state index contributed by atoms with van der Waals surface area (Å²) in [6, 6.07) is 5.94. The largest absolute Gasteiger partial charge is 0.492 e. The number of halogens is 3. The molecule has 0 bridgehead atoms. The monoisotopic (exact) mass is 449 g/mol. The lowest BCUT2D eigenvalue weighted by Gasteiger charge is -2.18. The summed E-state index contributed by atoms with van der Waals surface area (Å²) in [6.45, 7) is 8.10. The topological polar surface area (TPSA) is 72.6 Å². The van der Waals surface area contributed by atoms with Crippen LogP contribution in [-0.4, -0.2) is 50.6 Å². The number of carbonyl (C=O) groups excluding carboxylic acids is 1. The molecule has 3 aromatic rings. The van der Waals surface area contributed by atoms with Gasteiger partial charge in [-0.3, -0.25) is 4.79 Å². The van der Waals surface area contributed by atoms with Gasteiger partial charge in [0.1, 0.15) is 12.4 Å². The molecule has 0 aliphatic heterocycles. The molecule has 0 radical (unpaired) electrons. The summed E-state index contributed by atoms with van der Waals surface area (Å²) >= 11 is 0. The van der Waals surface area contributed by atoms with Gasteiger partial charge in [-0.05, 0) is 62.9 Å². The van der Waals surface area contributed by atoms with Crippen LogP contribution in [0.1, 0.15) is 40.3 Å². The summed E-state index contributed by atoms with van der Waals surface area (Å²) in [7, 11) is 1.70. The molecule has 0 aliphatic rings. The summed E-state index contributed by atoms with van der Waals surface area (Å²) in [5, 5.41) is 3.54. The van der Waals surface area contributed by atoms with Crippen LogP contribution >= 0.6 is 0 Å². The van der Waals surface area contributed by atoms with E-state index in [0.29, 0.717) is 36.5 Å². The molecule has 0 saturated carbocycles. The number of amides is 1. The molecule has 32 heavy (non-hydrogen) atoms. The smallest absolute Gasteiger partial charge is 0.453 e. The maximum atomic E-state index is 12.9. The van der Waals surface area contributed by atoms with Crippen LogP contribution in [0.3, 0.4) is 0 Å². The van der Waals surface area contributed by atoms with Crippen molar-refractivity contribution in [2.24, 2.45) is 0 Å². The molecule has 0 aliphatic carbocycles. The maximum absolute atomic E-state index is 12.9. The molecule has 0 saturated heterocycles. The SMILES string of the molecule is Cc1cc(C)cc(OCCN(C)C(=O)CCc2c(C)nc3nc(C(F)(F)F)nn3c2C)c1. The number of hydrogen-bond donors (Lipinski definition) is 0. The average molecular weight is 449 g/mol. The first-order chi connectivity index (χ1) is 15.0. The van der Waals surface area contributed by atoms with Gasteiger partial charge in [0.25, 0.3) is 11.6 Å². The molecule has 2 heterocycles. The van der Waals surface area contributed by atoms with Crippen LogP contribution in [0.2, 0.25) is 0 Å². The van der Waals surface area contributed by atoms with E-state index in [1.54, 1.807) is 25.8 Å². The number of rotatable bonds is 7. The molecule has 0 atom stereocenters. The number of alkyl halides is 3. The van der Waals surface area contributed by atoms with Crippen molar-refractivity contribution < 1.29 is 22.7 Å². The van der Waals surface area contributed by atoms with Gasteiger partial charge in [-0.25, -0.2) is 9.50 Å². The quantitative estimate of drug-likeness (QED) is 0.548. The lowest BCUT2D eigenvalue weighted by molar-refractivity contribution is -0.144. The third kappa shape index (κ3) is 5.35. The number of aromatic nitrogens is 4. The Labute approximate surface area is 184 Å². The van der Waals surface area contributed by atoms with E-state index in [2.05, 4.69) is 21.1 Å². The Morgan fingerprint density at radius 3 is 2.38 bits per heavy atom. The fourth-order valence-electron chi connectivity index (χ4n) is 3.55. The van der Waals surface area contributed by atoms with E-state index in [9.17, 15) is 18.0 Å². The Hall–Kier alpha value is -3.17. The minimum Gasteiger partial charge on any atom is -0.492 e. The second-order valence-electron chi connectivity index (χ2n) is 7.89. The Bertz CT molecular complexity index is 1120. The number of carbonyl (C=O) groups is 1. The molecule has 1 aromatic carbocycles. The second-order valence-corrected chi connectivity index (χ2v) is 7.89. The molecular formula is C22H26F3N5O2. The fraction of sp³-hybridized carbons (Fsp3) is 0.455. The molecule has 0 fully saturated rings. The fourth-order valence-corrected chi connectivity index (χ4v) is 3.55. The van der Waals surface area contributed by atoms with Gasteiger partial charge in [-0.2, -0.15) is 18.2 Å². The van der Waals surface area contributed by atoms with Crippen LogP contribution in [0.25, 0.3) is 5.78 Å². The number of fused-ring (bicyclic) bond motifs is 1. The molecule has 7 nitrogen and oxygen atoms in total. The highest BCUT2D eigenvalue weighted by Crippen LogP contribution is 2.27. The van der Waals surface area contributed by atoms with Gasteiger partial charge in [0, 0.05) is 24.9 Å². The van der Waals surface area contributed by atoms with Crippen molar-refractivity contribution in [3.8, 4) is 5.75 Å². The highest BCUT2D eigenvalue weighted by Gasteiger charge is 2.37. The number of nitrogens with zero attached hydrogens (tertiary/aromatic N) is 5. The minimum atomic E-state index is -4.65. The van der Waals surface area contributed by atoms with Crippen molar-refractivity contribution in [3.05, 3.63) is 52.1 Å². The molecule has 0 N–H and O–H groups in total. The summed E-state index contributed by atoms with van der Waals surface area (Å²) in [6.07, 6.45) is -4.12. The van der Waals surface area contributed by atoms with Crippen LogP contribution in [0.4, 0.5) is 13.2 Å². The number of ether oxygens (including phenoxy) is 1. The first-order valence-electron chi connectivity index (χ1n) is 10.2. The van der Waals surface area contributed by atoms with E-state index in [1.165, 1.54) is 0 Å².